The molecule has 2 aromatic rings. The van der Waals surface area contributed by atoms with Crippen molar-refractivity contribution in [1.82, 2.24) is 14.8 Å². The van der Waals surface area contributed by atoms with Crippen LogP contribution in [0.25, 0.3) is 0 Å². The van der Waals surface area contributed by atoms with Gasteiger partial charge in [0.1, 0.15) is 0 Å². The molecule has 0 unspecified atom stereocenters. The van der Waals surface area contributed by atoms with Crippen LogP contribution in [0.4, 0.5) is 0 Å². The van der Waals surface area contributed by atoms with Crippen molar-refractivity contribution in [2.45, 2.75) is 26.8 Å². The van der Waals surface area contributed by atoms with E-state index in [0.717, 1.165) is 24.6 Å². The lowest BCUT2D eigenvalue weighted by atomic mass is 10.1. The quantitative estimate of drug-likeness (QED) is 0.711. The van der Waals surface area contributed by atoms with E-state index >= 15 is 0 Å². The van der Waals surface area contributed by atoms with Gasteiger partial charge in [-0.3, -0.25) is 14.5 Å². The third-order valence-corrected chi connectivity index (χ3v) is 5.38. The lowest BCUT2D eigenvalue weighted by Crippen LogP contribution is -2.49. The minimum Gasteiger partial charge on any atom is -0.455 e. The molecular weight excluding hydrogens is 362 g/mol. The van der Waals surface area contributed by atoms with Crippen LogP contribution in [0.1, 0.15) is 21.8 Å². The fourth-order valence-electron chi connectivity index (χ4n) is 3.15. The smallest absolute Gasteiger partial charge is 0.312 e. The molecule has 1 aromatic carbocycles. The molecule has 27 heavy (non-hydrogen) atoms. The Bertz CT molecular complexity index is 797. The van der Waals surface area contributed by atoms with Crippen LogP contribution in [0.3, 0.4) is 0 Å². The number of esters is 1. The maximum atomic E-state index is 12.3. The Morgan fingerprint density at radius 1 is 1.19 bits per heavy atom. The maximum absolute atomic E-state index is 12.3. The summed E-state index contributed by atoms with van der Waals surface area (Å²) in [5.74, 6) is -0.542. The molecule has 3 rings (SSSR count). The van der Waals surface area contributed by atoms with Crippen molar-refractivity contribution in [3.8, 4) is 0 Å². The minimum absolute atomic E-state index is 0.113. The molecule has 1 fully saturated rings. The summed E-state index contributed by atoms with van der Waals surface area (Å²) in [6.07, 6.45) is 0.113. The molecule has 0 radical (unpaired) electrons. The summed E-state index contributed by atoms with van der Waals surface area (Å²) >= 11 is 1.50. The number of nitrogens with zero attached hydrogens (tertiary/aromatic N) is 3. The van der Waals surface area contributed by atoms with E-state index in [1.807, 2.05) is 12.3 Å². The van der Waals surface area contributed by atoms with E-state index in [1.165, 1.54) is 22.5 Å². The van der Waals surface area contributed by atoms with Gasteiger partial charge in [-0.1, -0.05) is 29.8 Å². The van der Waals surface area contributed by atoms with Crippen LogP contribution in [-0.2, 0) is 27.3 Å². The molecule has 1 saturated heterocycles. The molecule has 7 heteroatoms. The van der Waals surface area contributed by atoms with Gasteiger partial charge in [0.15, 0.2) is 6.61 Å². The summed E-state index contributed by atoms with van der Waals surface area (Å²) in [7, 11) is 0. The van der Waals surface area contributed by atoms with Gasteiger partial charge in [0.2, 0.25) is 0 Å². The Morgan fingerprint density at radius 3 is 2.63 bits per heavy atom. The van der Waals surface area contributed by atoms with E-state index in [-0.39, 0.29) is 18.9 Å². The Balaban J connectivity index is 1.38. The van der Waals surface area contributed by atoms with E-state index in [2.05, 4.69) is 41.1 Å². The van der Waals surface area contributed by atoms with Gasteiger partial charge in [-0.05, 0) is 19.4 Å². The molecule has 1 aromatic heterocycles. The summed E-state index contributed by atoms with van der Waals surface area (Å²) < 4.78 is 5.13. The summed E-state index contributed by atoms with van der Waals surface area (Å²) in [4.78, 5) is 32.5. The predicted molar refractivity (Wildman–Crippen MR) is 105 cm³/mol. The largest absolute Gasteiger partial charge is 0.455 e. The monoisotopic (exact) mass is 387 g/mol. The van der Waals surface area contributed by atoms with Gasteiger partial charge >= 0.3 is 5.97 Å². The van der Waals surface area contributed by atoms with E-state index in [0.29, 0.717) is 18.8 Å². The predicted octanol–water partition coefficient (Wildman–Crippen LogP) is 2.19. The number of hydrogen-bond donors (Lipinski definition) is 0. The van der Waals surface area contributed by atoms with Crippen molar-refractivity contribution in [1.29, 1.82) is 0 Å². The highest BCUT2D eigenvalue weighted by atomic mass is 32.1. The van der Waals surface area contributed by atoms with Crippen molar-refractivity contribution in [2.24, 2.45) is 0 Å². The van der Waals surface area contributed by atoms with Crippen LogP contribution in [0, 0.1) is 13.8 Å². The van der Waals surface area contributed by atoms with Crippen LogP contribution in [-0.4, -0.2) is 59.4 Å². The van der Waals surface area contributed by atoms with Crippen LogP contribution in [0.15, 0.2) is 29.6 Å². The van der Waals surface area contributed by atoms with Crippen LogP contribution in [0.5, 0.6) is 0 Å². The molecular formula is C20H25N3O3S. The fourth-order valence-corrected chi connectivity index (χ4v) is 3.76. The Morgan fingerprint density at radius 2 is 1.96 bits per heavy atom. The molecule has 144 valence electrons. The van der Waals surface area contributed by atoms with Crippen molar-refractivity contribution < 1.29 is 14.3 Å². The molecule has 0 aliphatic carbocycles. The highest BCUT2D eigenvalue weighted by Crippen LogP contribution is 2.11. The van der Waals surface area contributed by atoms with Gasteiger partial charge in [0.05, 0.1) is 17.1 Å². The Kier molecular flexibility index (Phi) is 6.58. The molecule has 0 bridgehead atoms. The number of ether oxygens (including phenoxy) is 1. The molecule has 0 spiro atoms. The van der Waals surface area contributed by atoms with Crippen LogP contribution < -0.4 is 0 Å². The number of amides is 1. The van der Waals surface area contributed by atoms with Gasteiger partial charge in [-0.2, -0.15) is 0 Å². The number of aryl methyl sites for hydroxylation is 2. The fraction of sp³-hybridized carbons (Fsp3) is 0.450. The first kappa shape index (κ1) is 19.5. The van der Waals surface area contributed by atoms with E-state index in [1.54, 1.807) is 4.90 Å². The Hall–Kier alpha value is -2.25. The average Bonchev–Trinajstić information content (AvgIpc) is 3.05. The number of hydrogen-bond acceptors (Lipinski definition) is 6. The second kappa shape index (κ2) is 9.10. The van der Waals surface area contributed by atoms with Gasteiger partial charge < -0.3 is 9.64 Å². The zero-order chi connectivity index (χ0) is 19.2. The summed E-state index contributed by atoms with van der Waals surface area (Å²) in [5.41, 5.74) is 3.25. The number of benzene rings is 1. The molecule has 0 N–H and O–H groups in total. The van der Waals surface area contributed by atoms with Gasteiger partial charge in [-0.25, -0.2) is 4.98 Å². The summed E-state index contributed by atoms with van der Waals surface area (Å²) in [6.45, 7) is 7.66. The number of carbonyl (C=O) groups excluding carboxylic acids is 2. The second-order valence-corrected chi connectivity index (χ2v) is 7.90. The third kappa shape index (κ3) is 5.87. The number of aromatic nitrogens is 1. The van der Waals surface area contributed by atoms with Crippen molar-refractivity contribution in [3.05, 3.63) is 51.5 Å². The van der Waals surface area contributed by atoms with E-state index < -0.39 is 5.97 Å². The maximum Gasteiger partial charge on any atom is 0.312 e. The zero-order valence-electron chi connectivity index (χ0n) is 15.8. The third-order valence-electron chi connectivity index (χ3n) is 4.56. The van der Waals surface area contributed by atoms with Crippen molar-refractivity contribution in [2.75, 3.05) is 32.8 Å². The molecule has 0 atom stereocenters. The number of piperazine rings is 1. The number of thiazole rings is 1. The van der Waals surface area contributed by atoms with Crippen molar-refractivity contribution >= 4 is 23.2 Å². The normalized spacial score (nSPS) is 15.0. The van der Waals surface area contributed by atoms with Crippen LogP contribution in [0.2, 0.25) is 0 Å². The SMILES string of the molecule is Cc1cccc(CN2CCN(C(=O)COC(=O)Cc3csc(C)n3)CC2)c1. The second-order valence-electron chi connectivity index (χ2n) is 6.84. The molecule has 1 aliphatic heterocycles. The molecule has 1 amide bonds. The summed E-state index contributed by atoms with van der Waals surface area (Å²) in [6, 6.07) is 8.50. The standard InChI is InChI=1S/C20H25N3O3S/c1-15-4-3-5-17(10-15)12-22-6-8-23(9-7-22)19(24)13-26-20(25)11-18-14-27-16(2)21-18/h3-5,10,14H,6-9,11-13H2,1-2H3. The highest BCUT2D eigenvalue weighted by Gasteiger charge is 2.22. The molecule has 2 heterocycles. The average molecular weight is 388 g/mol. The van der Waals surface area contributed by atoms with Gasteiger partial charge in [0, 0.05) is 38.1 Å². The topological polar surface area (TPSA) is 62.7 Å². The Labute approximate surface area is 163 Å². The van der Waals surface area contributed by atoms with Gasteiger partial charge in [-0.15, -0.1) is 11.3 Å². The molecule has 6 nitrogen and oxygen atoms in total. The molecule has 1 aliphatic rings. The zero-order valence-corrected chi connectivity index (χ0v) is 16.6. The van der Waals surface area contributed by atoms with Crippen molar-refractivity contribution in [3.63, 3.8) is 0 Å². The lowest BCUT2D eigenvalue weighted by molar-refractivity contribution is -0.152. The number of rotatable bonds is 6. The first-order chi connectivity index (χ1) is 13.0. The number of carbonyl (C=O) groups is 2. The summed E-state index contributed by atoms with van der Waals surface area (Å²) in [5, 5.41) is 2.75. The minimum atomic E-state index is -0.410. The first-order valence-electron chi connectivity index (χ1n) is 9.12. The lowest BCUT2D eigenvalue weighted by Gasteiger charge is -2.34. The first-order valence-corrected chi connectivity index (χ1v) is 10.00. The van der Waals surface area contributed by atoms with Crippen LogP contribution >= 0.6 is 11.3 Å². The van der Waals surface area contributed by atoms with Gasteiger partial charge in [0.25, 0.3) is 5.91 Å². The highest BCUT2D eigenvalue weighted by molar-refractivity contribution is 7.09. The van der Waals surface area contributed by atoms with E-state index in [9.17, 15) is 9.59 Å². The van der Waals surface area contributed by atoms with E-state index in [4.69, 9.17) is 4.74 Å². The molecule has 0 saturated carbocycles.